The molecule has 0 aromatic carbocycles. The molecule has 3 saturated heterocycles. The number of aromatic nitrogens is 2. The monoisotopic (exact) mass is 514 g/mol. The predicted molar refractivity (Wildman–Crippen MR) is 144 cm³/mol. The van der Waals surface area contributed by atoms with Gasteiger partial charge in [0.2, 0.25) is 11.8 Å². The molecule has 0 radical (unpaired) electrons. The van der Waals surface area contributed by atoms with Gasteiger partial charge in [-0.15, -0.1) is 0 Å². The Morgan fingerprint density at radius 2 is 1.68 bits per heavy atom. The molecule has 208 valence electrons. The number of amides is 1. The van der Waals surface area contributed by atoms with Crippen LogP contribution in [-0.2, 0) is 9.53 Å². The second-order valence-corrected chi connectivity index (χ2v) is 12.8. The third-order valence-corrected chi connectivity index (χ3v) is 10.00. The zero-order valence-electron chi connectivity index (χ0n) is 23.4. The molecule has 4 heterocycles. The first-order valence-electron chi connectivity index (χ1n) is 15.5. The van der Waals surface area contributed by atoms with E-state index < -0.39 is 0 Å². The van der Waals surface area contributed by atoms with Crippen molar-refractivity contribution in [2.75, 3.05) is 32.8 Å². The molecule has 3 atom stereocenters. The van der Waals surface area contributed by atoms with Crippen molar-refractivity contribution in [1.82, 2.24) is 20.4 Å². The molecule has 1 aromatic heterocycles. The van der Waals surface area contributed by atoms with E-state index in [0.717, 1.165) is 70.2 Å². The van der Waals surface area contributed by atoms with E-state index in [2.05, 4.69) is 10.5 Å². The van der Waals surface area contributed by atoms with Gasteiger partial charge in [0.15, 0.2) is 5.82 Å². The molecular formula is C30H50N4O3. The quantitative estimate of drug-likeness (QED) is 0.546. The maximum absolute atomic E-state index is 12.4. The van der Waals surface area contributed by atoms with Crippen LogP contribution in [-0.4, -0.2) is 59.8 Å². The van der Waals surface area contributed by atoms with Crippen molar-refractivity contribution in [3.05, 3.63) is 11.7 Å². The molecule has 4 aliphatic rings. The minimum Gasteiger partial charge on any atom is -0.381 e. The number of carbonyl (C=O) groups excluding carboxylic acids is 1. The van der Waals surface area contributed by atoms with E-state index in [1.807, 2.05) is 18.7 Å². The van der Waals surface area contributed by atoms with E-state index in [9.17, 15) is 4.79 Å². The van der Waals surface area contributed by atoms with Gasteiger partial charge in [0.25, 0.3) is 0 Å². The molecule has 1 N–H and O–H groups in total. The van der Waals surface area contributed by atoms with Crippen LogP contribution in [0.1, 0.15) is 127 Å². The highest BCUT2D eigenvalue weighted by molar-refractivity contribution is 5.78. The summed E-state index contributed by atoms with van der Waals surface area (Å²) in [5.74, 6) is 3.28. The van der Waals surface area contributed by atoms with E-state index in [1.54, 1.807) is 0 Å². The van der Waals surface area contributed by atoms with Crippen LogP contribution in [0.15, 0.2) is 4.52 Å². The summed E-state index contributed by atoms with van der Waals surface area (Å²) in [6.45, 7) is 8.40. The highest BCUT2D eigenvalue weighted by Gasteiger charge is 2.48. The average molecular weight is 515 g/mol. The third kappa shape index (κ3) is 6.41. The van der Waals surface area contributed by atoms with Gasteiger partial charge in [-0.1, -0.05) is 70.4 Å². The summed E-state index contributed by atoms with van der Waals surface area (Å²) in [4.78, 5) is 19.6. The lowest BCUT2D eigenvalue weighted by Crippen LogP contribution is -2.53. The summed E-state index contributed by atoms with van der Waals surface area (Å²) < 4.78 is 11.9. The number of hydrogen-bond acceptors (Lipinski definition) is 6. The Bertz CT molecular complexity index is 845. The molecule has 1 aliphatic carbocycles. The smallest absolute Gasteiger partial charge is 0.230 e. The normalized spacial score (nSPS) is 30.5. The molecule has 1 aromatic rings. The molecule has 1 spiro atoms. The van der Waals surface area contributed by atoms with E-state index in [-0.39, 0.29) is 23.2 Å². The Morgan fingerprint density at radius 1 is 1.00 bits per heavy atom. The van der Waals surface area contributed by atoms with E-state index in [1.165, 1.54) is 64.2 Å². The molecule has 4 fully saturated rings. The fourth-order valence-electron chi connectivity index (χ4n) is 7.58. The minimum atomic E-state index is 0.0595. The topological polar surface area (TPSA) is 80.5 Å². The zero-order valence-corrected chi connectivity index (χ0v) is 23.4. The van der Waals surface area contributed by atoms with Crippen LogP contribution < -0.4 is 5.32 Å². The number of carbonyl (C=O) groups is 1. The summed E-state index contributed by atoms with van der Waals surface area (Å²) in [5, 5.41) is 8.58. The second-order valence-electron chi connectivity index (χ2n) is 12.8. The molecule has 0 bridgehead atoms. The summed E-state index contributed by atoms with van der Waals surface area (Å²) in [7, 11) is 0. The Labute approximate surface area is 223 Å². The molecule has 1 amide bonds. The lowest BCUT2D eigenvalue weighted by atomic mass is 9.63. The first kappa shape index (κ1) is 27.1. The molecule has 3 unspecified atom stereocenters. The highest BCUT2D eigenvalue weighted by Crippen LogP contribution is 2.50. The lowest BCUT2D eigenvalue weighted by molar-refractivity contribution is -0.135. The van der Waals surface area contributed by atoms with Crippen molar-refractivity contribution >= 4 is 5.91 Å². The molecule has 1 saturated carbocycles. The Balaban J connectivity index is 1.33. The predicted octanol–water partition coefficient (Wildman–Crippen LogP) is 5.81. The highest BCUT2D eigenvalue weighted by atomic mass is 16.5. The summed E-state index contributed by atoms with van der Waals surface area (Å²) in [6.07, 6.45) is 17.4. The Morgan fingerprint density at radius 3 is 2.30 bits per heavy atom. The maximum atomic E-state index is 12.4. The van der Waals surface area contributed by atoms with Gasteiger partial charge in [-0.05, 0) is 49.9 Å². The maximum Gasteiger partial charge on any atom is 0.230 e. The number of likely N-dealkylation sites (tertiary alicyclic amines) is 1. The van der Waals surface area contributed by atoms with Gasteiger partial charge in [-0.2, -0.15) is 4.98 Å². The number of nitrogens with one attached hydrogen (secondary N) is 1. The summed E-state index contributed by atoms with van der Waals surface area (Å²) in [6, 6.07) is 0.469. The molecule has 7 nitrogen and oxygen atoms in total. The van der Waals surface area contributed by atoms with Crippen molar-refractivity contribution in [1.29, 1.82) is 0 Å². The fourth-order valence-corrected chi connectivity index (χ4v) is 7.58. The summed E-state index contributed by atoms with van der Waals surface area (Å²) in [5.41, 5.74) is 0.206. The number of hydrogen-bond donors (Lipinski definition) is 1. The standard InChI is InChI=1S/C30H50N4O3/c1-22(2)29(35)34-16-11-23(12-17-34)27-32-28(37-33-27)25-19-26(24-13-18-36-20-24)31-21-30(25)14-9-7-5-3-4-6-8-10-15-30/h22-26,31H,3-21H2,1-2H3. The van der Waals surface area contributed by atoms with Crippen LogP contribution in [0.25, 0.3) is 0 Å². The molecule has 3 aliphatic heterocycles. The Hall–Kier alpha value is -1.47. The number of nitrogens with zero attached hydrogens (tertiary/aromatic N) is 3. The second kappa shape index (κ2) is 12.6. The van der Waals surface area contributed by atoms with Crippen LogP contribution in [0, 0.1) is 17.3 Å². The van der Waals surface area contributed by atoms with Gasteiger partial charge in [0.05, 0.1) is 6.61 Å². The first-order valence-corrected chi connectivity index (χ1v) is 15.5. The van der Waals surface area contributed by atoms with Gasteiger partial charge >= 0.3 is 0 Å². The third-order valence-electron chi connectivity index (χ3n) is 10.00. The molecular weight excluding hydrogens is 464 g/mol. The minimum absolute atomic E-state index is 0.0595. The van der Waals surface area contributed by atoms with Crippen LogP contribution in [0.2, 0.25) is 0 Å². The van der Waals surface area contributed by atoms with Crippen molar-refractivity contribution in [2.45, 2.75) is 122 Å². The first-order chi connectivity index (χ1) is 18.1. The fraction of sp³-hybridized carbons (Fsp3) is 0.900. The van der Waals surface area contributed by atoms with Crippen LogP contribution >= 0.6 is 0 Å². The van der Waals surface area contributed by atoms with Gasteiger partial charge in [0, 0.05) is 50.0 Å². The zero-order chi connectivity index (χ0) is 25.7. The SMILES string of the molecule is CC(C)C(=O)N1CCC(c2noc(C3CC(C4CCOC4)NCC34CCCCCCCCCC4)n2)CC1. The largest absolute Gasteiger partial charge is 0.381 e. The van der Waals surface area contributed by atoms with Crippen molar-refractivity contribution < 1.29 is 14.1 Å². The molecule has 5 rings (SSSR count). The van der Waals surface area contributed by atoms with E-state index in [0.29, 0.717) is 17.9 Å². The number of ether oxygens (including phenoxy) is 1. The van der Waals surface area contributed by atoms with Gasteiger partial charge in [-0.25, -0.2) is 0 Å². The number of rotatable bonds is 4. The van der Waals surface area contributed by atoms with Gasteiger partial charge in [-0.3, -0.25) is 4.79 Å². The average Bonchev–Trinajstić information content (AvgIpc) is 3.62. The lowest BCUT2D eigenvalue weighted by Gasteiger charge is -2.47. The summed E-state index contributed by atoms with van der Waals surface area (Å²) >= 11 is 0. The Kier molecular flexibility index (Phi) is 9.22. The van der Waals surface area contributed by atoms with Gasteiger partial charge < -0.3 is 19.5 Å². The van der Waals surface area contributed by atoms with Crippen molar-refractivity contribution in [2.24, 2.45) is 17.3 Å². The van der Waals surface area contributed by atoms with Crippen LogP contribution in [0.4, 0.5) is 0 Å². The van der Waals surface area contributed by atoms with E-state index in [4.69, 9.17) is 14.2 Å². The molecule has 7 heteroatoms. The van der Waals surface area contributed by atoms with Crippen LogP contribution in [0.5, 0.6) is 0 Å². The van der Waals surface area contributed by atoms with Crippen molar-refractivity contribution in [3.8, 4) is 0 Å². The molecule has 37 heavy (non-hydrogen) atoms. The van der Waals surface area contributed by atoms with E-state index >= 15 is 0 Å². The van der Waals surface area contributed by atoms with Crippen LogP contribution in [0.3, 0.4) is 0 Å². The van der Waals surface area contributed by atoms with Crippen molar-refractivity contribution in [3.63, 3.8) is 0 Å². The number of piperidine rings is 2. The van der Waals surface area contributed by atoms with Gasteiger partial charge in [0.1, 0.15) is 0 Å².